The van der Waals surface area contributed by atoms with Gasteiger partial charge in [-0.3, -0.25) is 4.79 Å². The summed E-state index contributed by atoms with van der Waals surface area (Å²) in [4.78, 5) is 12.6. The summed E-state index contributed by atoms with van der Waals surface area (Å²) in [5.74, 6) is 0.488. The standard InChI is InChI=1S/C24H34N2O3S/c1-18(2)16-26(17-19(3)4)30(28,29)23-13-11-22(12-14-23)25-24(27)15-20(5)21-9-7-6-8-10-21/h6-14,18-20H,15-17H2,1-5H3,(H,25,27). The van der Waals surface area contributed by atoms with Gasteiger partial charge in [0.1, 0.15) is 0 Å². The van der Waals surface area contributed by atoms with E-state index in [0.717, 1.165) is 5.56 Å². The summed E-state index contributed by atoms with van der Waals surface area (Å²) in [6.45, 7) is 11.0. The average Bonchev–Trinajstić information content (AvgIpc) is 2.67. The van der Waals surface area contributed by atoms with Gasteiger partial charge < -0.3 is 5.32 Å². The van der Waals surface area contributed by atoms with Crippen molar-refractivity contribution in [2.75, 3.05) is 18.4 Å². The van der Waals surface area contributed by atoms with Crippen LogP contribution in [0.4, 0.5) is 5.69 Å². The zero-order chi connectivity index (χ0) is 22.3. The molecule has 164 valence electrons. The second-order valence-electron chi connectivity index (χ2n) is 8.70. The van der Waals surface area contributed by atoms with Crippen molar-refractivity contribution in [3.63, 3.8) is 0 Å². The zero-order valence-electron chi connectivity index (χ0n) is 18.6. The van der Waals surface area contributed by atoms with Crippen molar-refractivity contribution in [1.82, 2.24) is 4.31 Å². The Bertz CT molecular complexity index is 897. The van der Waals surface area contributed by atoms with E-state index in [9.17, 15) is 13.2 Å². The molecule has 0 heterocycles. The summed E-state index contributed by atoms with van der Waals surface area (Å²) >= 11 is 0. The van der Waals surface area contributed by atoms with E-state index in [4.69, 9.17) is 0 Å². The molecule has 0 bridgehead atoms. The van der Waals surface area contributed by atoms with Gasteiger partial charge in [-0.2, -0.15) is 4.31 Å². The lowest BCUT2D eigenvalue weighted by Crippen LogP contribution is -2.37. The molecule has 0 aliphatic heterocycles. The number of carbonyl (C=O) groups is 1. The van der Waals surface area contributed by atoms with Crippen LogP contribution in [-0.4, -0.2) is 31.7 Å². The van der Waals surface area contributed by atoms with E-state index in [1.54, 1.807) is 28.6 Å². The molecule has 0 aliphatic carbocycles. The van der Waals surface area contributed by atoms with Gasteiger partial charge in [0.25, 0.3) is 0 Å². The predicted molar refractivity (Wildman–Crippen MR) is 123 cm³/mol. The van der Waals surface area contributed by atoms with Crippen molar-refractivity contribution < 1.29 is 13.2 Å². The molecule has 2 aromatic rings. The first-order chi connectivity index (χ1) is 14.1. The van der Waals surface area contributed by atoms with E-state index in [1.807, 2.05) is 65.0 Å². The minimum Gasteiger partial charge on any atom is -0.326 e. The molecule has 1 amide bonds. The number of hydrogen-bond donors (Lipinski definition) is 1. The van der Waals surface area contributed by atoms with Gasteiger partial charge in [-0.15, -0.1) is 0 Å². The first-order valence-electron chi connectivity index (χ1n) is 10.5. The maximum absolute atomic E-state index is 13.1. The van der Waals surface area contributed by atoms with Crippen LogP contribution in [0.3, 0.4) is 0 Å². The molecule has 2 aromatic carbocycles. The highest BCUT2D eigenvalue weighted by Gasteiger charge is 2.25. The Morgan fingerprint density at radius 2 is 1.40 bits per heavy atom. The summed E-state index contributed by atoms with van der Waals surface area (Å²) in [5, 5.41) is 2.87. The maximum Gasteiger partial charge on any atom is 0.243 e. The molecule has 30 heavy (non-hydrogen) atoms. The van der Waals surface area contributed by atoms with Gasteiger partial charge in [0.2, 0.25) is 15.9 Å². The summed E-state index contributed by atoms with van der Waals surface area (Å²) < 4.78 is 27.7. The van der Waals surface area contributed by atoms with Crippen molar-refractivity contribution >= 4 is 21.6 Å². The molecule has 0 fully saturated rings. The Hall–Kier alpha value is -2.18. The summed E-state index contributed by atoms with van der Waals surface area (Å²) in [6, 6.07) is 16.3. The Labute approximate surface area is 181 Å². The van der Waals surface area contributed by atoms with Crippen LogP contribution in [0.5, 0.6) is 0 Å². The van der Waals surface area contributed by atoms with Gasteiger partial charge in [-0.25, -0.2) is 8.42 Å². The lowest BCUT2D eigenvalue weighted by molar-refractivity contribution is -0.116. The van der Waals surface area contributed by atoms with Crippen molar-refractivity contribution in [3.8, 4) is 0 Å². The van der Waals surface area contributed by atoms with Crippen molar-refractivity contribution in [3.05, 3.63) is 60.2 Å². The summed E-state index contributed by atoms with van der Waals surface area (Å²) in [7, 11) is -3.57. The number of rotatable bonds is 10. The molecule has 1 unspecified atom stereocenters. The van der Waals surface area contributed by atoms with Crippen LogP contribution in [0.15, 0.2) is 59.5 Å². The van der Waals surface area contributed by atoms with Crippen molar-refractivity contribution in [2.24, 2.45) is 11.8 Å². The fourth-order valence-corrected chi connectivity index (χ4v) is 5.10. The third-order valence-corrected chi connectivity index (χ3v) is 6.62. The lowest BCUT2D eigenvalue weighted by atomic mass is 9.97. The van der Waals surface area contributed by atoms with Gasteiger partial charge in [-0.1, -0.05) is 65.0 Å². The average molecular weight is 431 g/mol. The van der Waals surface area contributed by atoms with E-state index in [1.165, 1.54) is 0 Å². The predicted octanol–water partition coefficient (Wildman–Crippen LogP) is 5.12. The second kappa shape index (κ2) is 10.7. The van der Waals surface area contributed by atoms with Crippen LogP contribution >= 0.6 is 0 Å². The van der Waals surface area contributed by atoms with E-state index < -0.39 is 10.0 Å². The maximum atomic E-state index is 13.1. The summed E-state index contributed by atoms with van der Waals surface area (Å²) in [5.41, 5.74) is 1.71. The number of nitrogens with zero attached hydrogens (tertiary/aromatic N) is 1. The third kappa shape index (κ3) is 6.96. The van der Waals surface area contributed by atoms with Gasteiger partial charge >= 0.3 is 0 Å². The number of sulfonamides is 1. The Balaban J connectivity index is 2.06. The highest BCUT2D eigenvalue weighted by Crippen LogP contribution is 2.22. The molecule has 2 rings (SSSR count). The smallest absolute Gasteiger partial charge is 0.243 e. The number of benzene rings is 2. The third-order valence-electron chi connectivity index (χ3n) is 4.77. The van der Waals surface area contributed by atoms with Crippen molar-refractivity contribution in [1.29, 1.82) is 0 Å². The van der Waals surface area contributed by atoms with Crippen LogP contribution in [0.25, 0.3) is 0 Å². The highest BCUT2D eigenvalue weighted by atomic mass is 32.2. The molecule has 1 N–H and O–H groups in total. The molecule has 0 aliphatic rings. The molecule has 6 heteroatoms. The molecular weight excluding hydrogens is 396 g/mol. The topological polar surface area (TPSA) is 66.5 Å². The minimum absolute atomic E-state index is 0.0943. The largest absolute Gasteiger partial charge is 0.326 e. The summed E-state index contributed by atoms with van der Waals surface area (Å²) in [6.07, 6.45) is 0.362. The van der Waals surface area contributed by atoms with E-state index >= 15 is 0 Å². The number of amides is 1. The highest BCUT2D eigenvalue weighted by molar-refractivity contribution is 7.89. The van der Waals surface area contributed by atoms with Gasteiger partial charge in [-0.05, 0) is 47.6 Å². The van der Waals surface area contributed by atoms with Crippen LogP contribution in [0.2, 0.25) is 0 Å². The van der Waals surface area contributed by atoms with E-state index in [-0.39, 0.29) is 28.6 Å². The molecule has 0 saturated carbocycles. The molecule has 1 atom stereocenters. The molecule has 0 radical (unpaired) electrons. The van der Waals surface area contributed by atoms with Crippen LogP contribution in [-0.2, 0) is 14.8 Å². The minimum atomic E-state index is -3.57. The van der Waals surface area contributed by atoms with Gasteiger partial charge in [0.05, 0.1) is 4.90 Å². The van der Waals surface area contributed by atoms with E-state index in [2.05, 4.69) is 5.32 Å². The van der Waals surface area contributed by atoms with Crippen molar-refractivity contribution in [2.45, 2.75) is 51.9 Å². The molecular formula is C24H34N2O3S. The number of anilines is 1. The molecule has 5 nitrogen and oxygen atoms in total. The number of carbonyl (C=O) groups excluding carboxylic acids is 1. The lowest BCUT2D eigenvalue weighted by Gasteiger charge is -2.25. The SMILES string of the molecule is CC(C)CN(CC(C)C)S(=O)(=O)c1ccc(NC(=O)CC(C)c2ccccc2)cc1. The monoisotopic (exact) mass is 430 g/mol. The van der Waals surface area contributed by atoms with Crippen LogP contribution < -0.4 is 5.32 Å². The van der Waals surface area contributed by atoms with Crippen LogP contribution in [0, 0.1) is 11.8 Å². The van der Waals surface area contributed by atoms with Gasteiger partial charge in [0, 0.05) is 25.2 Å². The molecule has 0 saturated heterocycles. The Morgan fingerprint density at radius 1 is 0.867 bits per heavy atom. The molecule has 0 spiro atoms. The Kier molecular flexibility index (Phi) is 8.62. The van der Waals surface area contributed by atoms with Crippen LogP contribution in [0.1, 0.15) is 52.5 Å². The fraction of sp³-hybridized carbons (Fsp3) is 0.458. The first kappa shape index (κ1) is 24.1. The second-order valence-corrected chi connectivity index (χ2v) is 10.6. The Morgan fingerprint density at radius 3 is 1.90 bits per heavy atom. The van der Waals surface area contributed by atoms with E-state index in [0.29, 0.717) is 25.2 Å². The number of nitrogens with one attached hydrogen (secondary N) is 1. The quantitative estimate of drug-likeness (QED) is 0.569. The van der Waals surface area contributed by atoms with Gasteiger partial charge in [0.15, 0.2) is 0 Å². The zero-order valence-corrected chi connectivity index (χ0v) is 19.4. The fourth-order valence-electron chi connectivity index (χ4n) is 3.33. The number of hydrogen-bond acceptors (Lipinski definition) is 3. The first-order valence-corrected chi connectivity index (χ1v) is 12.0. The normalized spacial score (nSPS) is 13.1. The molecule has 0 aromatic heterocycles.